The molecule has 1 unspecified atom stereocenters. The molecule has 2 aromatic carbocycles. The van der Waals surface area contributed by atoms with Crippen LogP contribution in [0.5, 0.6) is 0 Å². The summed E-state index contributed by atoms with van der Waals surface area (Å²) in [5.74, 6) is -0.250. The first-order chi connectivity index (χ1) is 21.7. The quantitative estimate of drug-likeness (QED) is 0.324. The zero-order valence-electron chi connectivity index (χ0n) is 27.6. The topological polar surface area (TPSA) is 97.0 Å². The van der Waals surface area contributed by atoms with Crippen LogP contribution in [0.2, 0.25) is 0 Å². The van der Waals surface area contributed by atoms with Crippen molar-refractivity contribution < 1.29 is 14.4 Å². The van der Waals surface area contributed by atoms with E-state index in [4.69, 9.17) is 0 Å². The number of anilines is 1. The smallest absolute Gasteiger partial charge is 0.322 e. The second kappa shape index (κ2) is 15.2. The van der Waals surface area contributed by atoms with Crippen molar-refractivity contribution in [1.82, 2.24) is 25.3 Å². The summed E-state index contributed by atoms with van der Waals surface area (Å²) in [5.41, 5.74) is 5.53. The van der Waals surface area contributed by atoms with Gasteiger partial charge in [0, 0.05) is 76.0 Å². The average molecular weight is 617 g/mol. The van der Waals surface area contributed by atoms with E-state index in [2.05, 4.69) is 67.9 Å². The SMILES string of the molecule is Cc1ccc(CC(CC(=O)N2CCC(N3Cc4ccccc4NC3=O)CC2)C(=O)N2CCC(NCCNC(C)C)CC2)cc1C. The van der Waals surface area contributed by atoms with Gasteiger partial charge in [0.1, 0.15) is 0 Å². The predicted molar refractivity (Wildman–Crippen MR) is 179 cm³/mol. The van der Waals surface area contributed by atoms with E-state index in [0.29, 0.717) is 38.1 Å². The van der Waals surface area contributed by atoms with E-state index < -0.39 is 0 Å². The Morgan fingerprint density at radius 3 is 2.33 bits per heavy atom. The maximum absolute atomic E-state index is 14.0. The molecule has 9 heteroatoms. The molecule has 5 rings (SSSR count). The summed E-state index contributed by atoms with van der Waals surface area (Å²) < 4.78 is 0. The van der Waals surface area contributed by atoms with Crippen LogP contribution in [0.1, 0.15) is 68.2 Å². The molecule has 0 saturated carbocycles. The molecule has 3 N–H and O–H groups in total. The van der Waals surface area contributed by atoms with Crippen molar-refractivity contribution in [3.8, 4) is 0 Å². The number of likely N-dealkylation sites (tertiary alicyclic amines) is 2. The normalized spacial score (nSPS) is 18.6. The van der Waals surface area contributed by atoms with Crippen LogP contribution in [0.3, 0.4) is 0 Å². The van der Waals surface area contributed by atoms with E-state index in [0.717, 1.165) is 68.7 Å². The van der Waals surface area contributed by atoms with E-state index >= 15 is 0 Å². The van der Waals surface area contributed by atoms with E-state index in [1.165, 1.54) is 11.1 Å². The summed E-state index contributed by atoms with van der Waals surface area (Å²) in [5, 5.41) is 10.1. The van der Waals surface area contributed by atoms with Crippen molar-refractivity contribution in [3.05, 3.63) is 64.7 Å². The number of nitrogens with zero attached hydrogens (tertiary/aromatic N) is 3. The number of fused-ring (bicyclic) bond motifs is 1. The molecule has 2 aromatic rings. The standard InChI is InChI=1S/C36H52N6O3/c1-25(2)37-15-16-38-31-11-17-41(18-12-31)35(44)30(22-28-10-9-26(3)27(4)21-28)23-34(43)40-19-13-32(14-20-40)42-24-29-7-5-6-8-33(29)39-36(42)45/h5-10,21,25,30-32,37-38H,11-20,22-24H2,1-4H3,(H,39,45). The number of aryl methyl sites for hydroxylation is 2. The van der Waals surface area contributed by atoms with Crippen molar-refractivity contribution in [2.24, 2.45) is 5.92 Å². The van der Waals surface area contributed by atoms with Crippen LogP contribution in [0.4, 0.5) is 10.5 Å². The molecule has 0 bridgehead atoms. The number of amides is 4. The fourth-order valence-corrected chi connectivity index (χ4v) is 6.95. The maximum atomic E-state index is 14.0. The molecular weight excluding hydrogens is 564 g/mol. The highest BCUT2D eigenvalue weighted by atomic mass is 16.2. The van der Waals surface area contributed by atoms with Crippen LogP contribution < -0.4 is 16.0 Å². The summed E-state index contributed by atoms with van der Waals surface area (Å²) in [6.07, 6.45) is 4.12. The number of carbonyl (C=O) groups is 3. The van der Waals surface area contributed by atoms with E-state index in [1.54, 1.807) is 0 Å². The minimum absolute atomic E-state index is 0.0401. The van der Waals surface area contributed by atoms with Gasteiger partial charge in [0.2, 0.25) is 11.8 Å². The lowest BCUT2D eigenvalue weighted by atomic mass is 9.91. The number of hydrogen-bond acceptors (Lipinski definition) is 5. The van der Waals surface area contributed by atoms with Gasteiger partial charge in [-0.3, -0.25) is 9.59 Å². The van der Waals surface area contributed by atoms with Crippen molar-refractivity contribution in [2.75, 3.05) is 44.6 Å². The van der Waals surface area contributed by atoms with Gasteiger partial charge in [-0.2, -0.15) is 0 Å². The number of benzene rings is 2. The second-order valence-corrected chi connectivity index (χ2v) is 13.5. The minimum Gasteiger partial charge on any atom is -0.343 e. The molecule has 9 nitrogen and oxygen atoms in total. The summed E-state index contributed by atoms with van der Waals surface area (Å²) in [7, 11) is 0. The molecule has 0 radical (unpaired) electrons. The molecule has 2 saturated heterocycles. The average Bonchev–Trinajstić information content (AvgIpc) is 3.04. The monoisotopic (exact) mass is 616 g/mol. The Balaban J connectivity index is 1.17. The molecular formula is C36H52N6O3. The fourth-order valence-electron chi connectivity index (χ4n) is 6.95. The highest BCUT2D eigenvalue weighted by Gasteiger charge is 2.35. The predicted octanol–water partition coefficient (Wildman–Crippen LogP) is 4.47. The molecule has 0 aromatic heterocycles. The molecule has 1 atom stereocenters. The number of para-hydroxylation sites is 1. The van der Waals surface area contributed by atoms with Gasteiger partial charge in [0.25, 0.3) is 0 Å². The Labute approximate surface area is 269 Å². The lowest BCUT2D eigenvalue weighted by Gasteiger charge is -2.41. The first-order valence-electron chi connectivity index (χ1n) is 16.9. The van der Waals surface area contributed by atoms with Crippen molar-refractivity contribution in [2.45, 2.75) is 90.9 Å². The minimum atomic E-state index is -0.388. The second-order valence-electron chi connectivity index (χ2n) is 13.5. The zero-order valence-corrected chi connectivity index (χ0v) is 27.6. The summed E-state index contributed by atoms with van der Waals surface area (Å²) in [6.45, 7) is 13.6. The third-order valence-corrected chi connectivity index (χ3v) is 9.86. The number of hydrogen-bond donors (Lipinski definition) is 3. The summed E-state index contributed by atoms with van der Waals surface area (Å²) in [4.78, 5) is 46.4. The van der Waals surface area contributed by atoms with Crippen LogP contribution >= 0.6 is 0 Å². The largest absolute Gasteiger partial charge is 0.343 e. The Bertz CT molecular complexity index is 1330. The first kappa shape index (κ1) is 32.9. The van der Waals surface area contributed by atoms with E-state index in [1.807, 2.05) is 32.9 Å². The number of piperidine rings is 2. The molecule has 2 fully saturated rings. The van der Waals surface area contributed by atoms with Crippen LogP contribution in [0, 0.1) is 19.8 Å². The number of urea groups is 1. The summed E-state index contributed by atoms with van der Waals surface area (Å²) in [6, 6.07) is 15.2. The molecule has 3 heterocycles. The molecule has 3 aliphatic rings. The third-order valence-electron chi connectivity index (χ3n) is 9.86. The van der Waals surface area contributed by atoms with Crippen LogP contribution in [0.25, 0.3) is 0 Å². The Morgan fingerprint density at radius 1 is 0.911 bits per heavy atom. The van der Waals surface area contributed by atoms with E-state index in [9.17, 15) is 14.4 Å². The Hall–Kier alpha value is -3.43. The van der Waals surface area contributed by atoms with Crippen LogP contribution in [0.15, 0.2) is 42.5 Å². The number of nitrogens with one attached hydrogen (secondary N) is 3. The third kappa shape index (κ3) is 8.64. The van der Waals surface area contributed by atoms with Gasteiger partial charge in [-0.15, -0.1) is 0 Å². The molecule has 4 amide bonds. The van der Waals surface area contributed by atoms with E-state index in [-0.39, 0.29) is 36.2 Å². The van der Waals surface area contributed by atoms with Gasteiger partial charge >= 0.3 is 6.03 Å². The van der Waals surface area contributed by atoms with Crippen molar-refractivity contribution in [1.29, 1.82) is 0 Å². The number of rotatable bonds is 11. The van der Waals surface area contributed by atoms with Gasteiger partial charge in [0.15, 0.2) is 0 Å². The van der Waals surface area contributed by atoms with Crippen molar-refractivity contribution >= 4 is 23.5 Å². The zero-order chi connectivity index (χ0) is 31.9. The lowest BCUT2D eigenvalue weighted by molar-refractivity contribution is -0.142. The fraction of sp³-hybridized carbons (Fsp3) is 0.583. The van der Waals surface area contributed by atoms with Crippen LogP contribution in [-0.4, -0.2) is 89.9 Å². The van der Waals surface area contributed by atoms with Gasteiger partial charge in [0.05, 0.1) is 5.92 Å². The molecule has 0 spiro atoms. The van der Waals surface area contributed by atoms with Crippen molar-refractivity contribution in [3.63, 3.8) is 0 Å². The van der Waals surface area contributed by atoms with Gasteiger partial charge in [-0.05, 0) is 74.3 Å². The highest BCUT2D eigenvalue weighted by molar-refractivity contribution is 5.92. The van der Waals surface area contributed by atoms with Gasteiger partial charge < -0.3 is 30.7 Å². The van der Waals surface area contributed by atoms with Gasteiger partial charge in [-0.25, -0.2) is 4.79 Å². The molecule has 45 heavy (non-hydrogen) atoms. The maximum Gasteiger partial charge on any atom is 0.322 e. The summed E-state index contributed by atoms with van der Waals surface area (Å²) >= 11 is 0. The molecule has 0 aliphatic carbocycles. The Kier molecular flexibility index (Phi) is 11.2. The Morgan fingerprint density at radius 2 is 1.62 bits per heavy atom. The van der Waals surface area contributed by atoms with Crippen LogP contribution in [-0.2, 0) is 22.6 Å². The first-order valence-corrected chi connectivity index (χ1v) is 16.9. The lowest BCUT2D eigenvalue weighted by Crippen LogP contribution is -2.51. The number of carbonyl (C=O) groups excluding carboxylic acids is 3. The molecule has 244 valence electrons. The van der Waals surface area contributed by atoms with Gasteiger partial charge in [-0.1, -0.05) is 50.2 Å². The molecule has 3 aliphatic heterocycles. The highest BCUT2D eigenvalue weighted by Crippen LogP contribution is 2.28.